The highest BCUT2D eigenvalue weighted by atomic mass is 35.5. The average Bonchev–Trinajstić information content (AvgIpc) is 2.52. The molecule has 3 nitrogen and oxygen atoms in total. The third-order valence-electron chi connectivity index (χ3n) is 3.44. The highest BCUT2D eigenvalue weighted by Crippen LogP contribution is 2.25. The minimum absolute atomic E-state index is 0.247. The van der Waals surface area contributed by atoms with Crippen molar-refractivity contribution in [2.45, 2.75) is 19.5 Å². The van der Waals surface area contributed by atoms with Crippen molar-refractivity contribution in [3.63, 3.8) is 0 Å². The Balaban J connectivity index is 1.96. The van der Waals surface area contributed by atoms with Gasteiger partial charge in [-0.3, -0.25) is 0 Å². The van der Waals surface area contributed by atoms with Crippen molar-refractivity contribution < 1.29 is 9.47 Å². The molecule has 0 aliphatic rings. The zero-order valence-corrected chi connectivity index (χ0v) is 13.3. The Hall–Kier alpha value is -1.71. The van der Waals surface area contributed by atoms with Gasteiger partial charge in [-0.15, -0.1) is 0 Å². The van der Waals surface area contributed by atoms with E-state index in [1.807, 2.05) is 30.3 Å². The SMILES string of the molecule is COc1ccc([C@@H](C)NCc2ccc(OC)c(Cl)c2)cc1. The summed E-state index contributed by atoms with van der Waals surface area (Å²) in [5, 5.41) is 4.11. The van der Waals surface area contributed by atoms with Crippen LogP contribution in [0.25, 0.3) is 0 Å². The van der Waals surface area contributed by atoms with Crippen LogP contribution < -0.4 is 14.8 Å². The molecule has 4 heteroatoms. The van der Waals surface area contributed by atoms with Gasteiger partial charge in [-0.2, -0.15) is 0 Å². The molecule has 0 aromatic heterocycles. The van der Waals surface area contributed by atoms with Crippen LogP contribution in [0.4, 0.5) is 0 Å². The second-order valence-electron chi connectivity index (χ2n) is 4.84. The van der Waals surface area contributed by atoms with E-state index in [1.54, 1.807) is 14.2 Å². The third-order valence-corrected chi connectivity index (χ3v) is 3.74. The monoisotopic (exact) mass is 305 g/mol. The summed E-state index contributed by atoms with van der Waals surface area (Å²) in [6, 6.07) is 14.1. The molecule has 1 N–H and O–H groups in total. The second-order valence-corrected chi connectivity index (χ2v) is 5.25. The minimum Gasteiger partial charge on any atom is -0.497 e. The Kier molecular flexibility index (Phi) is 5.48. The zero-order chi connectivity index (χ0) is 15.2. The van der Waals surface area contributed by atoms with Crippen molar-refractivity contribution in [2.24, 2.45) is 0 Å². The summed E-state index contributed by atoms with van der Waals surface area (Å²) in [5.74, 6) is 1.57. The highest BCUT2D eigenvalue weighted by molar-refractivity contribution is 6.32. The van der Waals surface area contributed by atoms with Gasteiger partial charge in [0.1, 0.15) is 11.5 Å². The average molecular weight is 306 g/mol. The van der Waals surface area contributed by atoms with Gasteiger partial charge in [0.25, 0.3) is 0 Å². The highest BCUT2D eigenvalue weighted by Gasteiger charge is 2.06. The number of rotatable bonds is 6. The van der Waals surface area contributed by atoms with Crippen LogP contribution in [-0.4, -0.2) is 14.2 Å². The number of hydrogen-bond donors (Lipinski definition) is 1. The lowest BCUT2D eigenvalue weighted by atomic mass is 10.1. The molecule has 2 aromatic rings. The van der Waals surface area contributed by atoms with Gasteiger partial charge in [0.05, 0.1) is 19.2 Å². The molecule has 0 saturated heterocycles. The van der Waals surface area contributed by atoms with Crippen LogP contribution in [0.5, 0.6) is 11.5 Å². The number of halogens is 1. The first-order valence-electron chi connectivity index (χ1n) is 6.83. The molecule has 0 aliphatic carbocycles. The van der Waals surface area contributed by atoms with Crippen molar-refractivity contribution in [1.29, 1.82) is 0 Å². The summed E-state index contributed by atoms with van der Waals surface area (Å²) in [7, 11) is 3.29. The van der Waals surface area contributed by atoms with Gasteiger partial charge in [0.15, 0.2) is 0 Å². The quantitative estimate of drug-likeness (QED) is 0.867. The molecule has 0 spiro atoms. The van der Waals surface area contributed by atoms with Gasteiger partial charge >= 0.3 is 0 Å². The Morgan fingerprint density at radius 3 is 2.33 bits per heavy atom. The molecule has 112 valence electrons. The van der Waals surface area contributed by atoms with E-state index in [0.29, 0.717) is 10.8 Å². The maximum atomic E-state index is 6.13. The van der Waals surface area contributed by atoms with Gasteiger partial charge in [0.2, 0.25) is 0 Å². The van der Waals surface area contributed by atoms with E-state index in [1.165, 1.54) is 5.56 Å². The molecule has 0 bridgehead atoms. The summed E-state index contributed by atoms with van der Waals surface area (Å²) in [6.07, 6.45) is 0. The molecule has 0 aliphatic heterocycles. The van der Waals surface area contributed by atoms with E-state index in [-0.39, 0.29) is 6.04 Å². The Morgan fingerprint density at radius 2 is 1.76 bits per heavy atom. The molecule has 0 amide bonds. The van der Waals surface area contributed by atoms with Crippen molar-refractivity contribution in [2.75, 3.05) is 14.2 Å². The first kappa shape index (κ1) is 15.7. The molecule has 2 rings (SSSR count). The first-order chi connectivity index (χ1) is 10.1. The number of nitrogens with one attached hydrogen (secondary N) is 1. The van der Waals surface area contributed by atoms with E-state index in [9.17, 15) is 0 Å². The first-order valence-corrected chi connectivity index (χ1v) is 7.21. The second kappa shape index (κ2) is 7.34. The molecular weight excluding hydrogens is 286 g/mol. The lowest BCUT2D eigenvalue weighted by Crippen LogP contribution is -2.18. The van der Waals surface area contributed by atoms with Gasteiger partial charge in [0, 0.05) is 12.6 Å². The van der Waals surface area contributed by atoms with Crippen LogP contribution in [0, 0.1) is 0 Å². The predicted molar refractivity (Wildman–Crippen MR) is 86.3 cm³/mol. The number of methoxy groups -OCH3 is 2. The van der Waals surface area contributed by atoms with E-state index in [2.05, 4.69) is 24.4 Å². The van der Waals surface area contributed by atoms with E-state index < -0.39 is 0 Å². The minimum atomic E-state index is 0.247. The summed E-state index contributed by atoms with van der Waals surface area (Å²) in [4.78, 5) is 0. The normalized spacial score (nSPS) is 12.0. The van der Waals surface area contributed by atoms with Gasteiger partial charge in [-0.25, -0.2) is 0 Å². The molecule has 0 fully saturated rings. The van der Waals surface area contributed by atoms with Crippen LogP contribution in [0.2, 0.25) is 5.02 Å². The number of hydrogen-bond acceptors (Lipinski definition) is 3. The zero-order valence-electron chi connectivity index (χ0n) is 12.5. The lowest BCUT2D eigenvalue weighted by Gasteiger charge is -2.15. The Labute approximate surface area is 130 Å². The van der Waals surface area contributed by atoms with Crippen molar-refractivity contribution >= 4 is 11.6 Å². The van der Waals surface area contributed by atoms with Crippen molar-refractivity contribution in [3.8, 4) is 11.5 Å². The van der Waals surface area contributed by atoms with Crippen LogP contribution in [0.1, 0.15) is 24.1 Å². The van der Waals surface area contributed by atoms with Gasteiger partial charge in [-0.05, 0) is 42.3 Å². The predicted octanol–water partition coefficient (Wildman–Crippen LogP) is 4.21. The largest absolute Gasteiger partial charge is 0.497 e. The molecule has 0 saturated carbocycles. The Bertz CT molecular complexity index is 584. The molecular formula is C17H20ClNO2. The maximum absolute atomic E-state index is 6.13. The van der Waals surface area contributed by atoms with Crippen LogP contribution >= 0.6 is 11.6 Å². The van der Waals surface area contributed by atoms with Gasteiger partial charge < -0.3 is 14.8 Å². The molecule has 0 unspecified atom stereocenters. The third kappa shape index (κ3) is 4.13. The van der Waals surface area contributed by atoms with Crippen molar-refractivity contribution in [1.82, 2.24) is 5.32 Å². The van der Waals surface area contributed by atoms with Crippen LogP contribution in [0.3, 0.4) is 0 Å². The van der Waals surface area contributed by atoms with Crippen LogP contribution in [-0.2, 0) is 6.54 Å². The lowest BCUT2D eigenvalue weighted by molar-refractivity contribution is 0.414. The fourth-order valence-corrected chi connectivity index (χ4v) is 2.38. The van der Waals surface area contributed by atoms with E-state index in [0.717, 1.165) is 17.9 Å². The van der Waals surface area contributed by atoms with E-state index in [4.69, 9.17) is 21.1 Å². The molecule has 0 heterocycles. The molecule has 1 atom stereocenters. The summed E-state index contributed by atoms with van der Waals surface area (Å²) >= 11 is 6.13. The van der Waals surface area contributed by atoms with Gasteiger partial charge in [-0.1, -0.05) is 29.8 Å². The van der Waals surface area contributed by atoms with Crippen molar-refractivity contribution in [3.05, 3.63) is 58.6 Å². The maximum Gasteiger partial charge on any atom is 0.137 e. The topological polar surface area (TPSA) is 30.5 Å². The fourth-order valence-electron chi connectivity index (χ4n) is 2.10. The molecule has 21 heavy (non-hydrogen) atoms. The summed E-state index contributed by atoms with van der Waals surface area (Å²) in [5.41, 5.74) is 2.34. The Morgan fingerprint density at radius 1 is 1.05 bits per heavy atom. The fraction of sp³-hybridized carbons (Fsp3) is 0.294. The smallest absolute Gasteiger partial charge is 0.137 e. The standard InChI is InChI=1S/C17H20ClNO2/c1-12(14-5-7-15(20-2)8-6-14)19-11-13-4-9-17(21-3)16(18)10-13/h4-10,12,19H,11H2,1-3H3/t12-/m1/s1. The van der Waals surface area contributed by atoms with Crippen LogP contribution in [0.15, 0.2) is 42.5 Å². The molecule has 0 radical (unpaired) electrons. The molecule has 2 aromatic carbocycles. The summed E-state index contributed by atoms with van der Waals surface area (Å²) < 4.78 is 10.3. The number of ether oxygens (including phenoxy) is 2. The van der Waals surface area contributed by atoms with E-state index >= 15 is 0 Å². The number of benzene rings is 2. The summed E-state index contributed by atoms with van der Waals surface area (Å²) in [6.45, 7) is 2.88.